The van der Waals surface area contributed by atoms with Gasteiger partial charge in [0.25, 0.3) is 0 Å². The lowest BCUT2D eigenvalue weighted by Gasteiger charge is -2.22. The monoisotopic (exact) mass is 226 g/mol. The molecule has 0 saturated carbocycles. The Bertz CT molecular complexity index is 618. The van der Waals surface area contributed by atoms with Gasteiger partial charge in [0.05, 0.1) is 11.1 Å². The Morgan fingerprint density at radius 2 is 2.00 bits per heavy atom. The van der Waals surface area contributed by atoms with Crippen molar-refractivity contribution in [3.05, 3.63) is 35.5 Å². The van der Waals surface area contributed by atoms with E-state index in [4.69, 9.17) is 5.26 Å². The molecule has 0 aliphatic carbocycles. The number of phenolic OH excluding ortho intramolecular Hbond substituents is 1. The molecule has 1 aromatic carbocycles. The topological polar surface area (TPSA) is 56.9 Å². The Hall–Kier alpha value is -2.08. The van der Waals surface area contributed by atoms with Crippen LogP contribution in [0, 0.1) is 11.3 Å². The molecule has 0 saturated heterocycles. The number of nitrogens with zero attached hydrogens (tertiary/aromatic N) is 2. The van der Waals surface area contributed by atoms with Gasteiger partial charge in [0.1, 0.15) is 11.8 Å². The first-order valence-electron chi connectivity index (χ1n) is 5.46. The van der Waals surface area contributed by atoms with Crippen LogP contribution in [0.3, 0.4) is 0 Å². The van der Waals surface area contributed by atoms with Gasteiger partial charge in [-0.15, -0.1) is 0 Å². The van der Waals surface area contributed by atoms with Crippen LogP contribution in [0.4, 0.5) is 0 Å². The van der Waals surface area contributed by atoms with Gasteiger partial charge in [-0.2, -0.15) is 5.26 Å². The standard InChI is InChI=1S/C14H14N2O/c1-14(2,3)13-9(7-15)8-16-12-6-10(17)4-5-11(12)13/h4-6,8,17H,1-3H3. The fourth-order valence-electron chi connectivity index (χ4n) is 2.07. The summed E-state index contributed by atoms with van der Waals surface area (Å²) in [6, 6.07) is 7.24. The Labute approximate surface area is 100 Å². The highest BCUT2D eigenvalue weighted by Gasteiger charge is 2.21. The second kappa shape index (κ2) is 3.74. The second-order valence-corrected chi connectivity index (χ2v) is 5.11. The summed E-state index contributed by atoms with van der Waals surface area (Å²) < 4.78 is 0. The van der Waals surface area contributed by atoms with Crippen LogP contribution in [0.1, 0.15) is 31.9 Å². The fraction of sp³-hybridized carbons (Fsp3) is 0.286. The number of nitriles is 1. The largest absolute Gasteiger partial charge is 0.508 e. The number of phenols is 1. The van der Waals surface area contributed by atoms with Gasteiger partial charge in [0, 0.05) is 17.6 Å². The van der Waals surface area contributed by atoms with E-state index < -0.39 is 0 Å². The highest BCUT2D eigenvalue weighted by Crippen LogP contribution is 2.32. The minimum Gasteiger partial charge on any atom is -0.508 e. The molecule has 0 spiro atoms. The zero-order valence-corrected chi connectivity index (χ0v) is 10.2. The van der Waals surface area contributed by atoms with E-state index in [-0.39, 0.29) is 11.2 Å². The van der Waals surface area contributed by atoms with Crippen LogP contribution in [0.2, 0.25) is 0 Å². The molecule has 0 fully saturated rings. The molecule has 0 aliphatic heterocycles. The third-order valence-corrected chi connectivity index (χ3v) is 2.72. The predicted octanol–water partition coefficient (Wildman–Crippen LogP) is 3.11. The fourth-order valence-corrected chi connectivity index (χ4v) is 2.07. The molecular weight excluding hydrogens is 212 g/mol. The Balaban J connectivity index is 2.90. The number of aromatic hydroxyl groups is 1. The van der Waals surface area contributed by atoms with Crippen molar-refractivity contribution in [2.45, 2.75) is 26.2 Å². The van der Waals surface area contributed by atoms with Crippen molar-refractivity contribution < 1.29 is 5.11 Å². The summed E-state index contributed by atoms with van der Waals surface area (Å²) in [6.07, 6.45) is 1.57. The molecular formula is C14H14N2O. The maximum absolute atomic E-state index is 9.45. The van der Waals surface area contributed by atoms with Gasteiger partial charge >= 0.3 is 0 Å². The van der Waals surface area contributed by atoms with Crippen LogP contribution < -0.4 is 0 Å². The summed E-state index contributed by atoms with van der Waals surface area (Å²) in [7, 11) is 0. The van der Waals surface area contributed by atoms with Gasteiger partial charge in [0.15, 0.2) is 0 Å². The maximum atomic E-state index is 9.45. The highest BCUT2D eigenvalue weighted by molar-refractivity contribution is 5.86. The van der Waals surface area contributed by atoms with E-state index in [2.05, 4.69) is 31.8 Å². The van der Waals surface area contributed by atoms with E-state index in [0.29, 0.717) is 11.1 Å². The van der Waals surface area contributed by atoms with Crippen LogP contribution in [0.5, 0.6) is 5.75 Å². The van der Waals surface area contributed by atoms with Crippen LogP contribution in [0.25, 0.3) is 10.9 Å². The molecule has 86 valence electrons. The van der Waals surface area contributed by atoms with Gasteiger partial charge in [-0.25, -0.2) is 0 Å². The zero-order chi connectivity index (χ0) is 12.6. The van der Waals surface area contributed by atoms with Crippen molar-refractivity contribution >= 4 is 10.9 Å². The third kappa shape index (κ3) is 1.94. The molecule has 0 unspecified atom stereocenters. The first-order valence-corrected chi connectivity index (χ1v) is 5.46. The summed E-state index contributed by atoms with van der Waals surface area (Å²) >= 11 is 0. The van der Waals surface area contributed by atoms with E-state index in [1.165, 1.54) is 0 Å². The second-order valence-electron chi connectivity index (χ2n) is 5.11. The van der Waals surface area contributed by atoms with Crippen molar-refractivity contribution in [2.24, 2.45) is 0 Å². The van der Waals surface area contributed by atoms with Gasteiger partial charge < -0.3 is 5.11 Å². The van der Waals surface area contributed by atoms with E-state index in [1.807, 2.05) is 6.07 Å². The number of aromatic nitrogens is 1. The van der Waals surface area contributed by atoms with Crippen LogP contribution in [0.15, 0.2) is 24.4 Å². The molecule has 17 heavy (non-hydrogen) atoms. The lowest BCUT2D eigenvalue weighted by molar-refractivity contribution is 0.476. The van der Waals surface area contributed by atoms with Gasteiger partial charge in [-0.3, -0.25) is 4.98 Å². The average molecular weight is 226 g/mol. The summed E-state index contributed by atoms with van der Waals surface area (Å²) in [5.74, 6) is 0.189. The summed E-state index contributed by atoms with van der Waals surface area (Å²) in [4.78, 5) is 4.20. The van der Waals surface area contributed by atoms with Crippen LogP contribution in [-0.4, -0.2) is 10.1 Å². The molecule has 0 aliphatic rings. The minimum absolute atomic E-state index is 0.136. The van der Waals surface area contributed by atoms with Crippen molar-refractivity contribution in [2.75, 3.05) is 0 Å². The number of fused-ring (bicyclic) bond motifs is 1. The van der Waals surface area contributed by atoms with E-state index in [0.717, 1.165) is 10.9 Å². The average Bonchev–Trinajstić information content (AvgIpc) is 2.25. The van der Waals surface area contributed by atoms with Crippen molar-refractivity contribution in [1.29, 1.82) is 5.26 Å². The molecule has 0 radical (unpaired) electrons. The molecule has 2 aromatic rings. The minimum atomic E-state index is -0.136. The van der Waals surface area contributed by atoms with Crippen LogP contribution >= 0.6 is 0 Å². The van der Waals surface area contributed by atoms with Gasteiger partial charge in [-0.05, 0) is 23.1 Å². The zero-order valence-electron chi connectivity index (χ0n) is 10.2. The molecule has 0 atom stereocenters. The normalized spacial score (nSPS) is 11.4. The van der Waals surface area contributed by atoms with Gasteiger partial charge in [-0.1, -0.05) is 20.8 Å². The number of hydrogen-bond donors (Lipinski definition) is 1. The van der Waals surface area contributed by atoms with E-state index >= 15 is 0 Å². The van der Waals surface area contributed by atoms with Crippen molar-refractivity contribution in [1.82, 2.24) is 4.98 Å². The molecule has 0 bridgehead atoms. The van der Waals surface area contributed by atoms with Crippen molar-refractivity contribution in [3.8, 4) is 11.8 Å². The third-order valence-electron chi connectivity index (χ3n) is 2.72. The molecule has 1 aromatic heterocycles. The maximum Gasteiger partial charge on any atom is 0.117 e. The number of pyridine rings is 1. The summed E-state index contributed by atoms with van der Waals surface area (Å²) in [5.41, 5.74) is 2.15. The molecule has 0 amide bonds. The molecule has 1 heterocycles. The Morgan fingerprint density at radius 3 is 2.59 bits per heavy atom. The van der Waals surface area contributed by atoms with E-state index in [1.54, 1.807) is 18.3 Å². The molecule has 3 heteroatoms. The van der Waals surface area contributed by atoms with Crippen LogP contribution in [-0.2, 0) is 5.41 Å². The summed E-state index contributed by atoms with van der Waals surface area (Å²) in [6.45, 7) is 6.19. The molecule has 1 N–H and O–H groups in total. The van der Waals surface area contributed by atoms with Gasteiger partial charge in [0.2, 0.25) is 0 Å². The number of hydrogen-bond acceptors (Lipinski definition) is 3. The first-order chi connectivity index (χ1) is 7.93. The predicted molar refractivity (Wildman–Crippen MR) is 66.8 cm³/mol. The van der Waals surface area contributed by atoms with Crippen molar-refractivity contribution in [3.63, 3.8) is 0 Å². The quantitative estimate of drug-likeness (QED) is 0.750. The number of benzene rings is 1. The first kappa shape index (κ1) is 11.4. The summed E-state index contributed by atoms with van der Waals surface area (Å²) in [5, 5.41) is 19.5. The highest BCUT2D eigenvalue weighted by atomic mass is 16.3. The number of rotatable bonds is 0. The smallest absolute Gasteiger partial charge is 0.117 e. The lowest BCUT2D eigenvalue weighted by Crippen LogP contribution is -2.14. The Morgan fingerprint density at radius 1 is 1.29 bits per heavy atom. The Kier molecular flexibility index (Phi) is 2.51. The molecule has 2 rings (SSSR count). The lowest BCUT2D eigenvalue weighted by atomic mass is 9.82. The SMILES string of the molecule is CC(C)(C)c1c(C#N)cnc2cc(O)ccc12. The van der Waals surface area contributed by atoms with E-state index in [9.17, 15) is 5.11 Å². The molecule has 3 nitrogen and oxygen atoms in total.